The van der Waals surface area contributed by atoms with Crippen LogP contribution in [0.3, 0.4) is 0 Å². The molecule has 0 N–H and O–H groups in total. The van der Waals surface area contributed by atoms with E-state index in [0.717, 1.165) is 36.2 Å². The number of fused-ring (bicyclic) bond motifs is 1. The first-order chi connectivity index (χ1) is 13.2. The molecule has 1 aliphatic rings. The average molecular weight is 361 g/mol. The second kappa shape index (κ2) is 7.74. The fourth-order valence-corrected chi connectivity index (χ4v) is 3.71. The molecule has 5 nitrogen and oxygen atoms in total. The predicted octanol–water partition coefficient (Wildman–Crippen LogP) is 3.59. The van der Waals surface area contributed by atoms with E-state index in [0.29, 0.717) is 24.6 Å². The van der Waals surface area contributed by atoms with Crippen LogP contribution < -0.4 is 4.74 Å². The summed E-state index contributed by atoms with van der Waals surface area (Å²) >= 11 is 0. The van der Waals surface area contributed by atoms with Gasteiger partial charge in [0.2, 0.25) is 11.8 Å². The molecule has 1 fully saturated rings. The standard InChI is InChI=1S/C22H23N3O2/c1-27-22-20(23-18-9-5-6-10-19(18)24-22)11-12-21(26)25-14-13-17(15-25)16-7-3-2-4-8-16/h2-10,17H,11-15H2,1H3/t17-/m0/s1. The summed E-state index contributed by atoms with van der Waals surface area (Å²) in [6.07, 6.45) is 1.98. The summed E-state index contributed by atoms with van der Waals surface area (Å²) < 4.78 is 5.39. The smallest absolute Gasteiger partial charge is 0.235 e. The van der Waals surface area contributed by atoms with Crippen molar-refractivity contribution < 1.29 is 9.53 Å². The number of hydrogen-bond acceptors (Lipinski definition) is 4. The highest BCUT2D eigenvalue weighted by atomic mass is 16.5. The second-order valence-electron chi connectivity index (χ2n) is 6.90. The largest absolute Gasteiger partial charge is 0.480 e. The Bertz CT molecular complexity index is 943. The van der Waals surface area contributed by atoms with E-state index in [1.807, 2.05) is 35.2 Å². The van der Waals surface area contributed by atoms with Gasteiger partial charge in [-0.2, -0.15) is 0 Å². The Labute approximate surface area is 159 Å². The third kappa shape index (κ3) is 3.77. The number of aryl methyl sites for hydroxylation is 1. The zero-order chi connectivity index (χ0) is 18.6. The number of methoxy groups -OCH3 is 1. The van der Waals surface area contributed by atoms with E-state index in [4.69, 9.17) is 4.74 Å². The molecule has 0 spiro atoms. The number of hydrogen-bond donors (Lipinski definition) is 0. The van der Waals surface area contributed by atoms with Gasteiger partial charge in [0.15, 0.2) is 0 Å². The second-order valence-corrected chi connectivity index (χ2v) is 6.90. The quantitative estimate of drug-likeness (QED) is 0.697. The zero-order valence-corrected chi connectivity index (χ0v) is 15.5. The van der Waals surface area contributed by atoms with E-state index < -0.39 is 0 Å². The molecule has 1 saturated heterocycles. The topological polar surface area (TPSA) is 55.3 Å². The van der Waals surface area contributed by atoms with Crippen LogP contribution in [0.15, 0.2) is 54.6 Å². The van der Waals surface area contributed by atoms with Crippen molar-refractivity contribution in [3.05, 3.63) is 65.9 Å². The molecule has 138 valence electrons. The molecule has 4 rings (SSSR count). The minimum atomic E-state index is 0.172. The van der Waals surface area contributed by atoms with Gasteiger partial charge in [0.25, 0.3) is 0 Å². The van der Waals surface area contributed by atoms with E-state index in [9.17, 15) is 4.79 Å². The van der Waals surface area contributed by atoms with Crippen molar-refractivity contribution in [2.24, 2.45) is 0 Å². The molecule has 1 aromatic heterocycles. The van der Waals surface area contributed by atoms with E-state index in [-0.39, 0.29) is 5.91 Å². The van der Waals surface area contributed by atoms with Gasteiger partial charge in [-0.25, -0.2) is 9.97 Å². The van der Waals surface area contributed by atoms with Crippen LogP contribution in [0.2, 0.25) is 0 Å². The molecule has 2 heterocycles. The van der Waals surface area contributed by atoms with Crippen molar-refractivity contribution in [2.45, 2.75) is 25.2 Å². The van der Waals surface area contributed by atoms with Gasteiger partial charge in [0, 0.05) is 31.8 Å². The molecular weight excluding hydrogens is 338 g/mol. The summed E-state index contributed by atoms with van der Waals surface area (Å²) in [7, 11) is 1.59. The van der Waals surface area contributed by atoms with Crippen LogP contribution in [0.25, 0.3) is 11.0 Å². The maximum absolute atomic E-state index is 12.7. The number of aromatic nitrogens is 2. The molecule has 1 amide bonds. The number of rotatable bonds is 5. The molecule has 1 atom stereocenters. The first-order valence-electron chi connectivity index (χ1n) is 9.37. The van der Waals surface area contributed by atoms with Crippen LogP contribution in [-0.2, 0) is 11.2 Å². The van der Waals surface area contributed by atoms with Crippen LogP contribution in [0.4, 0.5) is 0 Å². The lowest BCUT2D eigenvalue weighted by Crippen LogP contribution is -2.28. The SMILES string of the molecule is COc1nc2ccccc2nc1CCC(=O)N1CC[C@H](c2ccccc2)C1. The molecule has 0 unspecified atom stereocenters. The van der Waals surface area contributed by atoms with Crippen molar-refractivity contribution >= 4 is 16.9 Å². The molecule has 1 aliphatic heterocycles. The Morgan fingerprint density at radius 1 is 1.07 bits per heavy atom. The predicted molar refractivity (Wildman–Crippen MR) is 105 cm³/mol. The molecule has 0 saturated carbocycles. The number of nitrogens with zero attached hydrogens (tertiary/aromatic N) is 3. The third-order valence-electron chi connectivity index (χ3n) is 5.19. The molecule has 0 bridgehead atoms. The van der Waals surface area contributed by atoms with Gasteiger partial charge >= 0.3 is 0 Å². The fraction of sp³-hybridized carbons (Fsp3) is 0.318. The van der Waals surface area contributed by atoms with Gasteiger partial charge in [0.1, 0.15) is 5.69 Å². The van der Waals surface area contributed by atoms with Crippen molar-refractivity contribution in [1.82, 2.24) is 14.9 Å². The molecule has 2 aromatic carbocycles. The van der Waals surface area contributed by atoms with Gasteiger partial charge in [-0.1, -0.05) is 42.5 Å². The summed E-state index contributed by atoms with van der Waals surface area (Å²) in [5.41, 5.74) is 3.68. The van der Waals surface area contributed by atoms with Crippen molar-refractivity contribution in [1.29, 1.82) is 0 Å². The highest BCUT2D eigenvalue weighted by Crippen LogP contribution is 2.28. The van der Waals surface area contributed by atoms with Gasteiger partial charge < -0.3 is 9.64 Å². The number of carbonyl (C=O) groups excluding carboxylic acids is 1. The van der Waals surface area contributed by atoms with Gasteiger partial charge in [-0.05, 0) is 24.1 Å². The minimum Gasteiger partial charge on any atom is -0.480 e. The third-order valence-corrected chi connectivity index (χ3v) is 5.19. The monoisotopic (exact) mass is 361 g/mol. The first kappa shape index (κ1) is 17.5. The summed E-state index contributed by atoms with van der Waals surface area (Å²) in [6.45, 7) is 1.61. The van der Waals surface area contributed by atoms with Crippen molar-refractivity contribution in [3.8, 4) is 5.88 Å². The fourth-order valence-electron chi connectivity index (χ4n) is 3.71. The maximum atomic E-state index is 12.7. The van der Waals surface area contributed by atoms with Crippen LogP contribution in [-0.4, -0.2) is 41.0 Å². The summed E-state index contributed by atoms with van der Waals surface area (Å²) in [4.78, 5) is 23.8. The molecule has 0 radical (unpaired) electrons. The molecule has 5 heteroatoms. The molecular formula is C22H23N3O2. The van der Waals surface area contributed by atoms with E-state index >= 15 is 0 Å². The highest BCUT2D eigenvalue weighted by molar-refractivity contribution is 5.77. The summed E-state index contributed by atoms with van der Waals surface area (Å²) in [5, 5.41) is 0. The highest BCUT2D eigenvalue weighted by Gasteiger charge is 2.27. The van der Waals surface area contributed by atoms with Crippen LogP contribution >= 0.6 is 0 Å². The molecule has 0 aliphatic carbocycles. The first-order valence-corrected chi connectivity index (χ1v) is 9.37. The minimum absolute atomic E-state index is 0.172. The van der Waals surface area contributed by atoms with E-state index in [2.05, 4.69) is 34.2 Å². The van der Waals surface area contributed by atoms with Crippen LogP contribution in [0.1, 0.15) is 30.0 Å². The van der Waals surface area contributed by atoms with E-state index in [1.165, 1.54) is 5.56 Å². The maximum Gasteiger partial charge on any atom is 0.235 e. The van der Waals surface area contributed by atoms with Gasteiger partial charge in [0.05, 0.1) is 18.1 Å². The summed E-state index contributed by atoms with van der Waals surface area (Å²) in [6, 6.07) is 18.1. The number of carbonyl (C=O) groups is 1. The Balaban J connectivity index is 1.42. The van der Waals surface area contributed by atoms with Crippen molar-refractivity contribution in [3.63, 3.8) is 0 Å². The van der Waals surface area contributed by atoms with Gasteiger partial charge in [-0.15, -0.1) is 0 Å². The summed E-state index contributed by atoms with van der Waals surface area (Å²) in [5.74, 6) is 1.11. The normalized spacial score (nSPS) is 16.6. The average Bonchev–Trinajstić information content (AvgIpc) is 3.22. The zero-order valence-electron chi connectivity index (χ0n) is 15.5. The molecule has 3 aromatic rings. The lowest BCUT2D eigenvalue weighted by atomic mass is 9.99. The Kier molecular flexibility index (Phi) is 5.01. The number of ether oxygens (including phenoxy) is 1. The number of amides is 1. The lowest BCUT2D eigenvalue weighted by Gasteiger charge is -2.17. The molecule has 27 heavy (non-hydrogen) atoms. The van der Waals surface area contributed by atoms with Crippen molar-refractivity contribution in [2.75, 3.05) is 20.2 Å². The Morgan fingerprint density at radius 3 is 2.52 bits per heavy atom. The Morgan fingerprint density at radius 2 is 1.78 bits per heavy atom. The number of para-hydroxylation sites is 2. The lowest BCUT2D eigenvalue weighted by molar-refractivity contribution is -0.130. The van der Waals surface area contributed by atoms with E-state index in [1.54, 1.807) is 7.11 Å². The van der Waals surface area contributed by atoms with Crippen LogP contribution in [0, 0.1) is 0 Å². The van der Waals surface area contributed by atoms with Crippen LogP contribution in [0.5, 0.6) is 5.88 Å². The Hall–Kier alpha value is -2.95. The number of likely N-dealkylation sites (tertiary alicyclic amines) is 1. The number of benzene rings is 2. The van der Waals surface area contributed by atoms with Gasteiger partial charge in [-0.3, -0.25) is 4.79 Å².